The number of benzene rings is 3. The second-order valence-electron chi connectivity index (χ2n) is 9.81. The summed E-state index contributed by atoms with van der Waals surface area (Å²) in [6.45, 7) is 4.59. The predicted molar refractivity (Wildman–Crippen MR) is 128 cm³/mol. The topological polar surface area (TPSA) is 63.5 Å². The molecule has 0 bridgehead atoms. The van der Waals surface area contributed by atoms with Gasteiger partial charge in [0.1, 0.15) is 12.4 Å². The van der Waals surface area contributed by atoms with Gasteiger partial charge in [0.05, 0.1) is 37.0 Å². The Kier molecular flexibility index (Phi) is 5.44. The number of hydrogen-bond donors (Lipinski definition) is 0. The van der Waals surface area contributed by atoms with Crippen molar-refractivity contribution in [3.63, 3.8) is 0 Å². The van der Waals surface area contributed by atoms with Crippen LogP contribution in [0.3, 0.4) is 0 Å². The third kappa shape index (κ3) is 3.96. The summed E-state index contributed by atoms with van der Waals surface area (Å²) in [6, 6.07) is 18.9. The van der Waals surface area contributed by atoms with Gasteiger partial charge in [-0.15, -0.1) is 0 Å². The number of amides is 1. The summed E-state index contributed by atoms with van der Waals surface area (Å²) >= 11 is 0. The molecular weight excluding hydrogens is 433 g/mol. The average molecular weight is 461 g/mol. The molecule has 6 nitrogen and oxygen atoms in total. The second kappa shape index (κ2) is 8.33. The van der Waals surface area contributed by atoms with Gasteiger partial charge >= 0.3 is 0 Å². The highest BCUT2D eigenvalue weighted by atomic mass is 19.1. The van der Waals surface area contributed by atoms with Crippen molar-refractivity contribution in [2.45, 2.75) is 31.8 Å². The minimum absolute atomic E-state index is 0.0532. The number of nitro groups is 1. The predicted octanol–water partition coefficient (Wildman–Crippen LogP) is 5.21. The van der Waals surface area contributed by atoms with Crippen molar-refractivity contribution >= 4 is 17.3 Å². The molecule has 174 valence electrons. The van der Waals surface area contributed by atoms with Crippen LogP contribution in [0.2, 0.25) is 0 Å². The molecule has 7 heteroatoms. The molecule has 0 saturated carbocycles. The lowest BCUT2D eigenvalue weighted by atomic mass is 9.87. The van der Waals surface area contributed by atoms with Gasteiger partial charge in [-0.25, -0.2) is 4.39 Å². The lowest BCUT2D eigenvalue weighted by Gasteiger charge is -2.44. The van der Waals surface area contributed by atoms with Crippen molar-refractivity contribution < 1.29 is 18.6 Å². The maximum atomic E-state index is 13.5. The Balaban J connectivity index is 1.44. The zero-order valence-corrected chi connectivity index (χ0v) is 19.3. The first-order valence-electron chi connectivity index (χ1n) is 11.5. The highest BCUT2D eigenvalue weighted by Crippen LogP contribution is 2.47. The fourth-order valence-corrected chi connectivity index (χ4v) is 5.62. The van der Waals surface area contributed by atoms with Crippen molar-refractivity contribution in [2.75, 3.05) is 25.0 Å². The summed E-state index contributed by atoms with van der Waals surface area (Å²) in [5.74, 6) is -0.260. The Bertz CT molecular complexity index is 1260. The molecule has 3 aromatic rings. The van der Waals surface area contributed by atoms with Gasteiger partial charge in [-0.05, 0) is 55.0 Å². The number of rotatable bonds is 4. The summed E-state index contributed by atoms with van der Waals surface area (Å²) in [5, 5.41) is 11.0. The minimum Gasteiger partial charge on any atom is -0.322 e. The Morgan fingerprint density at radius 1 is 1.12 bits per heavy atom. The van der Waals surface area contributed by atoms with Gasteiger partial charge in [0.2, 0.25) is 0 Å². The van der Waals surface area contributed by atoms with Gasteiger partial charge in [-0.2, -0.15) is 0 Å². The Hall–Kier alpha value is -3.58. The van der Waals surface area contributed by atoms with Crippen LogP contribution in [0.4, 0.5) is 15.8 Å². The fourth-order valence-electron chi connectivity index (χ4n) is 5.62. The smallest absolute Gasteiger partial charge is 0.269 e. The Labute approximate surface area is 198 Å². The number of nitrogens with zero attached hydrogens (tertiary/aromatic N) is 3. The molecule has 0 radical (unpaired) electrons. The third-order valence-corrected chi connectivity index (χ3v) is 7.26. The molecular formula is C27H27FN3O3+. The van der Waals surface area contributed by atoms with Crippen LogP contribution in [0.25, 0.3) is 0 Å². The summed E-state index contributed by atoms with van der Waals surface area (Å²) in [5.41, 5.74) is 4.94. The van der Waals surface area contributed by atoms with E-state index >= 15 is 0 Å². The van der Waals surface area contributed by atoms with Gasteiger partial charge in [0.25, 0.3) is 11.6 Å². The van der Waals surface area contributed by atoms with E-state index in [1.807, 2.05) is 29.2 Å². The average Bonchev–Trinajstić information content (AvgIpc) is 3.11. The highest BCUT2D eigenvalue weighted by Gasteiger charge is 2.49. The van der Waals surface area contributed by atoms with Gasteiger partial charge in [-0.3, -0.25) is 14.9 Å². The van der Waals surface area contributed by atoms with Crippen LogP contribution in [0.1, 0.15) is 39.4 Å². The van der Waals surface area contributed by atoms with Gasteiger partial charge in [0.15, 0.2) is 0 Å². The maximum Gasteiger partial charge on any atom is 0.269 e. The van der Waals surface area contributed by atoms with E-state index in [0.717, 1.165) is 47.4 Å². The number of carbonyl (C=O) groups excluding carboxylic acids is 1. The number of fused-ring (bicyclic) bond motifs is 3. The normalized spacial score (nSPS) is 23.3. The number of nitro benzene ring substituents is 1. The lowest BCUT2D eigenvalue weighted by Crippen LogP contribution is -2.56. The molecule has 0 N–H and O–H groups in total. The quantitative estimate of drug-likeness (QED) is 0.305. The van der Waals surface area contributed by atoms with Gasteiger partial charge in [0, 0.05) is 35.4 Å². The monoisotopic (exact) mass is 460 g/mol. The van der Waals surface area contributed by atoms with E-state index in [0.29, 0.717) is 5.56 Å². The number of anilines is 1. The molecule has 3 aromatic carbocycles. The summed E-state index contributed by atoms with van der Waals surface area (Å²) in [4.78, 5) is 26.1. The lowest BCUT2D eigenvalue weighted by molar-refractivity contribution is -0.928. The molecule has 2 heterocycles. The molecule has 0 unspecified atom stereocenters. The second-order valence-corrected chi connectivity index (χ2v) is 9.81. The van der Waals surface area contributed by atoms with Crippen LogP contribution in [0.5, 0.6) is 0 Å². The van der Waals surface area contributed by atoms with Crippen LogP contribution in [0, 0.1) is 22.9 Å². The van der Waals surface area contributed by atoms with E-state index in [4.69, 9.17) is 0 Å². The number of non-ortho nitro benzene ring substituents is 1. The number of halogens is 1. The Morgan fingerprint density at radius 2 is 1.82 bits per heavy atom. The SMILES string of the molecule is Cc1ccc2c(c1)[C@@H]1C[N@+](C)(Cc3ccc([N+](=O)[O-])cc3)CC[C@H]1N2C(=O)c1ccc(F)cc1. The molecule has 1 amide bonds. The largest absolute Gasteiger partial charge is 0.322 e. The van der Waals surface area contributed by atoms with Crippen LogP contribution in [-0.4, -0.2) is 41.5 Å². The molecule has 2 aliphatic rings. The molecule has 34 heavy (non-hydrogen) atoms. The van der Waals surface area contributed by atoms with E-state index in [9.17, 15) is 19.3 Å². The van der Waals surface area contributed by atoms with E-state index in [2.05, 4.69) is 20.0 Å². The van der Waals surface area contributed by atoms with Gasteiger partial charge < -0.3 is 9.38 Å². The zero-order chi connectivity index (χ0) is 24.0. The highest BCUT2D eigenvalue weighted by molar-refractivity contribution is 6.08. The van der Waals surface area contributed by atoms with Crippen molar-refractivity contribution in [1.82, 2.24) is 0 Å². The fraction of sp³-hybridized carbons (Fsp3) is 0.296. The van der Waals surface area contributed by atoms with Crippen molar-refractivity contribution in [3.05, 3.63) is 105 Å². The molecule has 1 saturated heterocycles. The van der Waals surface area contributed by atoms with Crippen molar-refractivity contribution in [1.29, 1.82) is 0 Å². The van der Waals surface area contributed by atoms with Crippen molar-refractivity contribution in [3.8, 4) is 0 Å². The summed E-state index contributed by atoms with van der Waals surface area (Å²) in [6.07, 6.45) is 0.842. The van der Waals surface area contributed by atoms with E-state index in [1.165, 1.54) is 17.7 Å². The molecule has 5 rings (SSSR count). The molecule has 2 aliphatic heterocycles. The maximum absolute atomic E-state index is 13.5. The molecule has 0 spiro atoms. The number of quaternary nitrogens is 1. The molecule has 3 atom stereocenters. The van der Waals surface area contributed by atoms with E-state index in [1.54, 1.807) is 24.3 Å². The number of hydrogen-bond acceptors (Lipinski definition) is 3. The number of piperidine rings is 1. The zero-order valence-electron chi connectivity index (χ0n) is 19.3. The first kappa shape index (κ1) is 22.2. The third-order valence-electron chi connectivity index (χ3n) is 7.26. The van der Waals surface area contributed by atoms with Crippen LogP contribution >= 0.6 is 0 Å². The summed E-state index contributed by atoms with van der Waals surface area (Å²) in [7, 11) is 2.22. The minimum atomic E-state index is -0.379. The molecule has 0 aromatic heterocycles. The Morgan fingerprint density at radius 3 is 2.50 bits per heavy atom. The van der Waals surface area contributed by atoms with E-state index in [-0.39, 0.29) is 34.3 Å². The number of aryl methyl sites for hydroxylation is 1. The van der Waals surface area contributed by atoms with Crippen molar-refractivity contribution in [2.24, 2.45) is 0 Å². The van der Waals surface area contributed by atoms with Crippen LogP contribution in [0.15, 0.2) is 66.7 Å². The van der Waals surface area contributed by atoms with Crippen LogP contribution < -0.4 is 4.90 Å². The molecule has 0 aliphatic carbocycles. The van der Waals surface area contributed by atoms with E-state index < -0.39 is 0 Å². The first-order chi connectivity index (χ1) is 16.2. The number of carbonyl (C=O) groups is 1. The van der Waals surface area contributed by atoms with Gasteiger partial charge in [-0.1, -0.05) is 17.7 Å². The summed E-state index contributed by atoms with van der Waals surface area (Å²) < 4.78 is 14.2. The molecule has 1 fully saturated rings. The number of likely N-dealkylation sites (tertiary alicyclic amines) is 1. The van der Waals surface area contributed by atoms with Crippen LogP contribution in [-0.2, 0) is 6.54 Å². The first-order valence-corrected chi connectivity index (χ1v) is 11.5. The standard InChI is InChI=1S/C27H27FN3O3/c1-18-3-12-25-23(15-18)24-17-31(2,16-19-4-10-22(11-5-19)30(33)34)14-13-26(24)29(25)27(32)20-6-8-21(28)9-7-20/h3-12,15,24,26H,13-14,16-17H2,1-2H3/q+1/t24-,26+,31-/m0/s1. The number of likely N-dealkylation sites (N-methyl/N-ethyl adjacent to an activating group) is 1.